The van der Waals surface area contributed by atoms with E-state index in [0.717, 1.165) is 16.5 Å². The summed E-state index contributed by atoms with van der Waals surface area (Å²) in [6.07, 6.45) is 0.0522. The van der Waals surface area contributed by atoms with Crippen molar-refractivity contribution in [3.05, 3.63) is 50.8 Å². The molecule has 1 aromatic carbocycles. The first kappa shape index (κ1) is 24.4. The van der Waals surface area contributed by atoms with Gasteiger partial charge in [-0.05, 0) is 30.0 Å². The van der Waals surface area contributed by atoms with Crippen LogP contribution < -0.4 is 26.1 Å². The summed E-state index contributed by atoms with van der Waals surface area (Å²) in [6, 6.07) is 4.58. The molecule has 0 spiro atoms. The summed E-state index contributed by atoms with van der Waals surface area (Å²) in [6.45, 7) is 5.65. The van der Waals surface area contributed by atoms with Gasteiger partial charge in [-0.2, -0.15) is 0 Å². The number of benzene rings is 1. The molecule has 2 aromatic heterocycles. The normalized spacial score (nSPS) is 19.7. The molecule has 2 atom stereocenters. The van der Waals surface area contributed by atoms with Crippen LogP contribution in [0.2, 0.25) is 0 Å². The number of hydrogen-bond acceptors (Lipinski definition) is 9. The van der Waals surface area contributed by atoms with Gasteiger partial charge in [0.25, 0.3) is 5.56 Å². The van der Waals surface area contributed by atoms with E-state index in [0.29, 0.717) is 28.4 Å². The number of aliphatic hydroxyl groups is 1. The lowest BCUT2D eigenvalue weighted by Gasteiger charge is -2.31. The molecular formula is C27H28N4O7. The van der Waals surface area contributed by atoms with Crippen LogP contribution in [0.15, 0.2) is 23.0 Å². The van der Waals surface area contributed by atoms with Gasteiger partial charge in [-0.1, -0.05) is 20.8 Å². The summed E-state index contributed by atoms with van der Waals surface area (Å²) in [7, 11) is 0. The summed E-state index contributed by atoms with van der Waals surface area (Å²) in [5.74, 6) is 0.00810. The van der Waals surface area contributed by atoms with E-state index in [9.17, 15) is 19.5 Å². The van der Waals surface area contributed by atoms with Gasteiger partial charge in [0.2, 0.25) is 12.7 Å². The summed E-state index contributed by atoms with van der Waals surface area (Å²) in [5.41, 5.74) is 7.40. The van der Waals surface area contributed by atoms with Crippen molar-refractivity contribution in [3.63, 3.8) is 0 Å². The number of nitrogens with zero attached hydrogens (tertiary/aromatic N) is 2. The maximum absolute atomic E-state index is 13.6. The lowest BCUT2D eigenvalue weighted by Crippen LogP contribution is -2.44. The van der Waals surface area contributed by atoms with Crippen molar-refractivity contribution in [1.29, 1.82) is 0 Å². The molecule has 6 rings (SSSR count). The molecule has 1 amide bonds. The predicted molar refractivity (Wildman–Crippen MR) is 135 cm³/mol. The first-order chi connectivity index (χ1) is 18.1. The van der Waals surface area contributed by atoms with Crippen LogP contribution in [0.4, 0.5) is 0 Å². The number of fused-ring (bicyclic) bond motifs is 6. The molecule has 5 heterocycles. The Kier molecular flexibility index (Phi) is 5.48. The molecule has 4 N–H and O–H groups in total. The molecule has 0 unspecified atom stereocenters. The highest BCUT2D eigenvalue weighted by Gasteiger charge is 2.45. The third-order valence-electron chi connectivity index (χ3n) is 7.76. The number of esters is 1. The molecule has 0 saturated heterocycles. The van der Waals surface area contributed by atoms with E-state index in [4.69, 9.17) is 24.9 Å². The maximum atomic E-state index is 13.6. The van der Waals surface area contributed by atoms with Crippen molar-refractivity contribution in [3.8, 4) is 22.9 Å². The van der Waals surface area contributed by atoms with Crippen LogP contribution in [0.5, 0.6) is 11.5 Å². The van der Waals surface area contributed by atoms with E-state index < -0.39 is 17.6 Å². The SMILES string of the molecule is CC[C@@]1(O)C(=O)OCc2c1cc1n(c2=O)Cc2c-1nc1cc3c(cc1c2CNC(=O)[C@H](N)C(C)C)OCO3. The van der Waals surface area contributed by atoms with Crippen LogP contribution in [-0.2, 0) is 39.6 Å². The van der Waals surface area contributed by atoms with E-state index in [1.54, 1.807) is 23.6 Å². The largest absolute Gasteiger partial charge is 0.458 e. The maximum Gasteiger partial charge on any atom is 0.343 e. The highest BCUT2D eigenvalue weighted by atomic mass is 16.7. The third kappa shape index (κ3) is 3.42. The highest BCUT2D eigenvalue weighted by molar-refractivity contribution is 5.92. The number of amides is 1. The molecule has 3 aliphatic rings. The molecule has 11 nitrogen and oxygen atoms in total. The van der Waals surface area contributed by atoms with Gasteiger partial charge in [-0.3, -0.25) is 9.59 Å². The summed E-state index contributed by atoms with van der Waals surface area (Å²) in [4.78, 5) is 43.7. The van der Waals surface area contributed by atoms with E-state index in [1.807, 2.05) is 19.9 Å². The standard InChI is InChI=1S/C27H28N4O7/c1-4-27(35)17-6-19-23-15(9-31(19)25(33)16(17)10-36-26(27)34)14(8-29-24(32)22(28)12(2)3)13-5-20-21(38-11-37-20)7-18(13)30-23/h5-7,12,22,35H,4,8-11,28H2,1-3H3,(H,29,32)/t22-,27+/m1/s1. The summed E-state index contributed by atoms with van der Waals surface area (Å²) >= 11 is 0. The van der Waals surface area contributed by atoms with Crippen molar-refractivity contribution in [2.75, 3.05) is 6.79 Å². The van der Waals surface area contributed by atoms with Gasteiger partial charge in [-0.25, -0.2) is 9.78 Å². The van der Waals surface area contributed by atoms with Crippen LogP contribution in [-0.4, -0.2) is 39.4 Å². The quantitative estimate of drug-likeness (QED) is 0.331. The number of aromatic nitrogens is 2. The van der Waals surface area contributed by atoms with Gasteiger partial charge in [0, 0.05) is 29.1 Å². The van der Waals surface area contributed by atoms with E-state index >= 15 is 0 Å². The Morgan fingerprint density at radius 3 is 2.63 bits per heavy atom. The Morgan fingerprint density at radius 2 is 1.92 bits per heavy atom. The minimum Gasteiger partial charge on any atom is -0.458 e. The van der Waals surface area contributed by atoms with Crippen LogP contribution >= 0.6 is 0 Å². The molecule has 3 aromatic rings. The molecule has 0 bridgehead atoms. The van der Waals surface area contributed by atoms with Crippen LogP contribution in [0.25, 0.3) is 22.3 Å². The molecule has 198 valence electrons. The number of nitrogens with two attached hydrogens (primary N) is 1. The summed E-state index contributed by atoms with van der Waals surface area (Å²) in [5, 5.41) is 14.8. The Hall–Kier alpha value is -3.96. The van der Waals surface area contributed by atoms with E-state index in [1.165, 1.54) is 0 Å². The molecule has 0 fully saturated rings. The number of carbonyl (C=O) groups is 2. The molecule has 11 heteroatoms. The van der Waals surface area contributed by atoms with Crippen molar-refractivity contribution in [1.82, 2.24) is 14.9 Å². The lowest BCUT2D eigenvalue weighted by atomic mass is 9.86. The average Bonchev–Trinajstić information content (AvgIpc) is 3.51. The van der Waals surface area contributed by atoms with Gasteiger partial charge in [-0.15, -0.1) is 0 Å². The van der Waals surface area contributed by atoms with Crippen molar-refractivity contribution < 1.29 is 28.9 Å². The number of ether oxygens (including phenoxy) is 3. The van der Waals surface area contributed by atoms with Crippen molar-refractivity contribution in [2.45, 2.75) is 58.5 Å². The zero-order valence-electron chi connectivity index (χ0n) is 21.3. The van der Waals surface area contributed by atoms with Crippen molar-refractivity contribution in [2.24, 2.45) is 11.7 Å². The van der Waals surface area contributed by atoms with Gasteiger partial charge in [0.15, 0.2) is 17.1 Å². The van der Waals surface area contributed by atoms with Gasteiger partial charge >= 0.3 is 5.97 Å². The molecule has 0 radical (unpaired) electrons. The van der Waals surface area contributed by atoms with Gasteiger partial charge in [0.05, 0.1) is 35.1 Å². The lowest BCUT2D eigenvalue weighted by molar-refractivity contribution is -0.172. The number of rotatable bonds is 5. The predicted octanol–water partition coefficient (Wildman–Crippen LogP) is 1.41. The number of hydrogen-bond donors (Lipinski definition) is 3. The minimum atomic E-state index is -1.92. The monoisotopic (exact) mass is 520 g/mol. The fraction of sp³-hybridized carbons (Fsp3) is 0.407. The first-order valence-electron chi connectivity index (χ1n) is 12.6. The van der Waals surface area contributed by atoms with Crippen LogP contribution in [0, 0.1) is 5.92 Å². The summed E-state index contributed by atoms with van der Waals surface area (Å²) < 4.78 is 17.9. The number of cyclic esters (lactones) is 1. The van der Waals surface area contributed by atoms with E-state index in [2.05, 4.69) is 5.32 Å². The Balaban J connectivity index is 1.54. The van der Waals surface area contributed by atoms with Crippen LogP contribution in [0.1, 0.15) is 49.4 Å². The Morgan fingerprint density at radius 1 is 1.18 bits per heavy atom. The fourth-order valence-electron chi connectivity index (χ4n) is 5.35. The molecule has 0 aliphatic carbocycles. The van der Waals surface area contributed by atoms with Gasteiger partial charge < -0.3 is 34.9 Å². The topological polar surface area (TPSA) is 155 Å². The average molecular weight is 521 g/mol. The zero-order chi connectivity index (χ0) is 26.9. The van der Waals surface area contributed by atoms with Gasteiger partial charge in [0.1, 0.15) is 6.61 Å². The second-order valence-corrected chi connectivity index (χ2v) is 10.2. The first-order valence-corrected chi connectivity index (χ1v) is 12.6. The van der Waals surface area contributed by atoms with Crippen LogP contribution in [0.3, 0.4) is 0 Å². The second kappa shape index (κ2) is 8.53. The smallest absolute Gasteiger partial charge is 0.343 e. The third-order valence-corrected chi connectivity index (χ3v) is 7.76. The number of nitrogens with one attached hydrogen (secondary N) is 1. The number of pyridine rings is 2. The Bertz CT molecular complexity index is 1600. The minimum absolute atomic E-state index is 0.0416. The molecule has 38 heavy (non-hydrogen) atoms. The highest BCUT2D eigenvalue weighted by Crippen LogP contribution is 2.43. The second-order valence-electron chi connectivity index (χ2n) is 10.2. The molecule has 0 saturated carbocycles. The zero-order valence-corrected chi connectivity index (χ0v) is 21.3. The van der Waals surface area contributed by atoms with E-state index in [-0.39, 0.29) is 61.4 Å². The fourth-order valence-corrected chi connectivity index (χ4v) is 5.35. The number of carbonyl (C=O) groups excluding carboxylic acids is 2. The molecular weight excluding hydrogens is 492 g/mol. The Labute approximate surface area is 217 Å². The van der Waals surface area contributed by atoms with Crippen molar-refractivity contribution >= 4 is 22.8 Å². The molecule has 3 aliphatic heterocycles.